The Kier molecular flexibility index (Phi) is 6.19. The van der Waals surface area contributed by atoms with E-state index in [1.807, 2.05) is 50.2 Å². The SMILES string of the molecule is CCC(Sc1cc(-c2ccccc2)nc(C)n1)C(=O)Nc1ccccc1F. The van der Waals surface area contributed by atoms with Crippen LogP contribution in [0.1, 0.15) is 19.2 Å². The van der Waals surface area contributed by atoms with E-state index >= 15 is 0 Å². The largest absolute Gasteiger partial charge is 0.323 e. The lowest BCUT2D eigenvalue weighted by Gasteiger charge is -2.15. The molecule has 0 fully saturated rings. The molecule has 1 unspecified atom stereocenters. The monoisotopic (exact) mass is 381 g/mol. The van der Waals surface area contributed by atoms with Gasteiger partial charge in [0.1, 0.15) is 16.7 Å². The summed E-state index contributed by atoms with van der Waals surface area (Å²) in [6.07, 6.45) is 0.592. The summed E-state index contributed by atoms with van der Waals surface area (Å²) in [4.78, 5) is 21.5. The fourth-order valence-electron chi connectivity index (χ4n) is 2.60. The average Bonchev–Trinajstić information content (AvgIpc) is 2.68. The number of nitrogens with zero attached hydrogens (tertiary/aromatic N) is 2. The van der Waals surface area contributed by atoms with Crippen molar-refractivity contribution in [2.24, 2.45) is 0 Å². The molecule has 3 aromatic rings. The predicted octanol–water partition coefficient (Wildman–Crippen LogP) is 5.10. The second-order valence-electron chi connectivity index (χ2n) is 5.99. The number of carbonyl (C=O) groups excluding carboxylic acids is 1. The van der Waals surface area contributed by atoms with Crippen LogP contribution in [0.25, 0.3) is 11.3 Å². The first-order chi connectivity index (χ1) is 13.1. The van der Waals surface area contributed by atoms with Gasteiger partial charge in [0.25, 0.3) is 0 Å². The molecule has 138 valence electrons. The van der Waals surface area contributed by atoms with E-state index < -0.39 is 5.82 Å². The number of carbonyl (C=O) groups is 1. The van der Waals surface area contributed by atoms with Crippen LogP contribution in [0, 0.1) is 12.7 Å². The highest BCUT2D eigenvalue weighted by molar-refractivity contribution is 8.00. The Hall–Kier alpha value is -2.73. The minimum atomic E-state index is -0.449. The molecule has 1 heterocycles. The van der Waals surface area contributed by atoms with E-state index in [0.29, 0.717) is 12.2 Å². The summed E-state index contributed by atoms with van der Waals surface area (Å²) < 4.78 is 13.8. The van der Waals surface area contributed by atoms with Crippen molar-refractivity contribution in [3.8, 4) is 11.3 Å². The van der Waals surface area contributed by atoms with Gasteiger partial charge >= 0.3 is 0 Å². The van der Waals surface area contributed by atoms with Gasteiger partial charge in [-0.15, -0.1) is 0 Å². The van der Waals surface area contributed by atoms with Gasteiger partial charge in [-0.25, -0.2) is 14.4 Å². The Bertz CT molecular complexity index is 934. The van der Waals surface area contributed by atoms with Crippen LogP contribution < -0.4 is 5.32 Å². The van der Waals surface area contributed by atoms with Gasteiger partial charge in [-0.2, -0.15) is 0 Å². The molecule has 6 heteroatoms. The molecule has 3 rings (SSSR count). The highest BCUT2D eigenvalue weighted by atomic mass is 32.2. The van der Waals surface area contributed by atoms with Gasteiger partial charge in [-0.05, 0) is 31.5 Å². The number of thioether (sulfide) groups is 1. The van der Waals surface area contributed by atoms with E-state index in [0.717, 1.165) is 16.3 Å². The fraction of sp³-hybridized carbons (Fsp3) is 0.190. The van der Waals surface area contributed by atoms with E-state index in [2.05, 4.69) is 15.3 Å². The van der Waals surface area contributed by atoms with Gasteiger partial charge in [0, 0.05) is 5.56 Å². The normalized spacial score (nSPS) is 11.8. The molecule has 2 aromatic carbocycles. The molecule has 1 amide bonds. The van der Waals surface area contributed by atoms with E-state index in [1.54, 1.807) is 18.2 Å². The first kappa shape index (κ1) is 19.0. The summed E-state index contributed by atoms with van der Waals surface area (Å²) in [6, 6.07) is 17.9. The molecule has 0 saturated heterocycles. The van der Waals surface area contributed by atoms with Crippen molar-refractivity contribution in [1.82, 2.24) is 9.97 Å². The van der Waals surface area contributed by atoms with Crippen LogP contribution in [-0.2, 0) is 4.79 Å². The van der Waals surface area contributed by atoms with Crippen LogP contribution >= 0.6 is 11.8 Å². The molecule has 27 heavy (non-hydrogen) atoms. The van der Waals surface area contributed by atoms with Crippen LogP contribution in [0.2, 0.25) is 0 Å². The van der Waals surface area contributed by atoms with Crippen molar-refractivity contribution in [2.45, 2.75) is 30.5 Å². The molecule has 1 N–H and O–H groups in total. The van der Waals surface area contributed by atoms with Crippen molar-refractivity contribution in [3.05, 3.63) is 72.3 Å². The van der Waals surface area contributed by atoms with Crippen molar-refractivity contribution < 1.29 is 9.18 Å². The van der Waals surface area contributed by atoms with Crippen LogP contribution in [-0.4, -0.2) is 21.1 Å². The quantitative estimate of drug-likeness (QED) is 0.477. The molecule has 0 radical (unpaired) electrons. The highest BCUT2D eigenvalue weighted by Crippen LogP contribution is 2.28. The summed E-state index contributed by atoms with van der Waals surface area (Å²) in [5, 5.41) is 3.00. The van der Waals surface area contributed by atoms with Crippen LogP contribution in [0.4, 0.5) is 10.1 Å². The molecule has 0 aliphatic heterocycles. The second-order valence-corrected chi connectivity index (χ2v) is 7.21. The number of rotatable bonds is 6. The van der Waals surface area contributed by atoms with Crippen molar-refractivity contribution in [2.75, 3.05) is 5.32 Å². The lowest BCUT2D eigenvalue weighted by atomic mass is 10.1. The number of para-hydroxylation sites is 1. The Morgan fingerprint density at radius 3 is 2.52 bits per heavy atom. The molecule has 0 aliphatic rings. The number of benzene rings is 2. The third-order valence-electron chi connectivity index (χ3n) is 3.94. The fourth-order valence-corrected chi connectivity index (χ4v) is 3.59. The Morgan fingerprint density at radius 2 is 1.81 bits per heavy atom. The lowest BCUT2D eigenvalue weighted by Crippen LogP contribution is -2.25. The minimum absolute atomic E-state index is 0.186. The van der Waals surface area contributed by atoms with Crippen molar-refractivity contribution in [3.63, 3.8) is 0 Å². The van der Waals surface area contributed by atoms with Crippen LogP contribution in [0.15, 0.2) is 65.7 Å². The predicted molar refractivity (Wildman–Crippen MR) is 107 cm³/mol. The zero-order chi connectivity index (χ0) is 19.2. The molecule has 0 aliphatic carbocycles. The average molecular weight is 381 g/mol. The zero-order valence-electron chi connectivity index (χ0n) is 15.1. The minimum Gasteiger partial charge on any atom is -0.323 e. The number of hydrogen-bond acceptors (Lipinski definition) is 4. The number of nitrogens with one attached hydrogen (secondary N) is 1. The maximum Gasteiger partial charge on any atom is 0.237 e. The third kappa shape index (κ3) is 4.92. The topological polar surface area (TPSA) is 54.9 Å². The van der Waals surface area contributed by atoms with E-state index in [-0.39, 0.29) is 16.8 Å². The van der Waals surface area contributed by atoms with Gasteiger partial charge in [0.05, 0.1) is 16.6 Å². The van der Waals surface area contributed by atoms with Crippen LogP contribution in [0.3, 0.4) is 0 Å². The molecule has 4 nitrogen and oxygen atoms in total. The lowest BCUT2D eigenvalue weighted by molar-refractivity contribution is -0.115. The first-order valence-corrected chi connectivity index (χ1v) is 9.58. The number of amides is 1. The zero-order valence-corrected chi connectivity index (χ0v) is 16.0. The summed E-state index contributed by atoms with van der Waals surface area (Å²) >= 11 is 1.36. The number of aryl methyl sites for hydroxylation is 1. The van der Waals surface area contributed by atoms with Gasteiger partial charge in [0.15, 0.2) is 0 Å². The van der Waals surface area contributed by atoms with Crippen molar-refractivity contribution >= 4 is 23.4 Å². The maximum atomic E-state index is 13.8. The molecule has 1 aromatic heterocycles. The summed E-state index contributed by atoms with van der Waals surface area (Å²) in [5.74, 6) is -0.0525. The Labute approximate surface area is 162 Å². The standard InChI is InChI=1S/C21H20FN3OS/c1-3-19(21(26)25-17-12-8-7-11-16(17)22)27-20-13-18(23-14(2)24-20)15-9-5-4-6-10-15/h4-13,19H,3H2,1-2H3,(H,25,26). The van der Waals surface area contributed by atoms with Gasteiger partial charge in [-0.1, -0.05) is 61.2 Å². The number of anilines is 1. The van der Waals surface area contributed by atoms with Crippen LogP contribution in [0.5, 0.6) is 0 Å². The van der Waals surface area contributed by atoms with Gasteiger partial charge < -0.3 is 5.32 Å². The summed E-state index contributed by atoms with van der Waals surface area (Å²) in [6.45, 7) is 3.75. The molecule has 0 spiro atoms. The van der Waals surface area contributed by atoms with E-state index in [9.17, 15) is 9.18 Å². The Balaban J connectivity index is 1.79. The number of aromatic nitrogens is 2. The highest BCUT2D eigenvalue weighted by Gasteiger charge is 2.20. The van der Waals surface area contributed by atoms with Crippen molar-refractivity contribution in [1.29, 1.82) is 0 Å². The molecule has 0 bridgehead atoms. The van der Waals surface area contributed by atoms with Gasteiger partial charge in [-0.3, -0.25) is 4.79 Å². The van der Waals surface area contributed by atoms with E-state index in [1.165, 1.54) is 17.8 Å². The van der Waals surface area contributed by atoms with E-state index in [4.69, 9.17) is 0 Å². The molecule has 0 saturated carbocycles. The third-order valence-corrected chi connectivity index (χ3v) is 5.22. The molecule has 1 atom stereocenters. The first-order valence-electron chi connectivity index (χ1n) is 8.70. The van der Waals surface area contributed by atoms with Gasteiger partial charge in [0.2, 0.25) is 5.91 Å². The second kappa shape index (κ2) is 8.77. The molecular formula is C21H20FN3OS. The molecular weight excluding hydrogens is 361 g/mol. The summed E-state index contributed by atoms with van der Waals surface area (Å²) in [5.41, 5.74) is 1.99. The number of halogens is 1. The summed E-state index contributed by atoms with van der Waals surface area (Å²) in [7, 11) is 0. The maximum absolute atomic E-state index is 13.8. The smallest absolute Gasteiger partial charge is 0.237 e. The number of hydrogen-bond donors (Lipinski definition) is 1. The Morgan fingerprint density at radius 1 is 1.11 bits per heavy atom.